The Balaban J connectivity index is 2.03. The van der Waals surface area contributed by atoms with Crippen LogP contribution in [0, 0.1) is 0 Å². The van der Waals surface area contributed by atoms with Gasteiger partial charge in [-0.1, -0.05) is 12.1 Å². The molecule has 0 saturated carbocycles. The first-order valence-corrected chi connectivity index (χ1v) is 7.39. The zero-order chi connectivity index (χ0) is 15.9. The number of rotatable bonds is 7. The molecule has 0 aromatic heterocycles. The van der Waals surface area contributed by atoms with Crippen molar-refractivity contribution in [2.75, 3.05) is 12.4 Å². The van der Waals surface area contributed by atoms with Crippen molar-refractivity contribution in [2.24, 2.45) is 0 Å². The third-order valence-electron chi connectivity index (χ3n) is 3.22. The van der Waals surface area contributed by atoms with E-state index in [2.05, 4.69) is 11.4 Å². The van der Waals surface area contributed by atoms with Crippen LogP contribution >= 0.6 is 0 Å². The van der Waals surface area contributed by atoms with E-state index in [1.807, 2.05) is 50.2 Å². The number of nitrogens with one attached hydrogen (secondary N) is 1. The van der Waals surface area contributed by atoms with Gasteiger partial charge in [-0.15, -0.1) is 0 Å². The highest BCUT2D eigenvalue weighted by Gasteiger charge is 2.04. The summed E-state index contributed by atoms with van der Waals surface area (Å²) in [5, 5.41) is 12.7. The van der Waals surface area contributed by atoms with E-state index in [1.165, 1.54) is 0 Å². The molecule has 118 valence electrons. The molecule has 0 heterocycles. The Bertz CT molecular complexity index is 611. The fraction of sp³-hybridized carbons (Fsp3) is 0.333. The number of aliphatic hydroxyl groups excluding tert-OH is 1. The van der Waals surface area contributed by atoms with Crippen molar-refractivity contribution >= 4 is 5.69 Å². The molecule has 2 rings (SSSR count). The quantitative estimate of drug-likeness (QED) is 0.820. The van der Waals surface area contributed by atoms with E-state index in [0.29, 0.717) is 12.3 Å². The van der Waals surface area contributed by atoms with Gasteiger partial charge in [0.1, 0.15) is 11.5 Å². The first-order valence-electron chi connectivity index (χ1n) is 7.39. The van der Waals surface area contributed by atoms with Crippen LogP contribution in [0.3, 0.4) is 0 Å². The third-order valence-corrected chi connectivity index (χ3v) is 3.22. The van der Waals surface area contributed by atoms with Crippen molar-refractivity contribution in [3.8, 4) is 11.5 Å². The third kappa shape index (κ3) is 4.40. The Morgan fingerprint density at radius 2 is 1.95 bits per heavy atom. The summed E-state index contributed by atoms with van der Waals surface area (Å²) in [6.45, 7) is 4.67. The number of anilines is 1. The van der Waals surface area contributed by atoms with Crippen LogP contribution in [0.5, 0.6) is 11.5 Å². The maximum atomic E-state index is 9.36. The average Bonchev–Trinajstić information content (AvgIpc) is 2.52. The summed E-state index contributed by atoms with van der Waals surface area (Å²) in [5.41, 5.74) is 2.85. The van der Waals surface area contributed by atoms with Gasteiger partial charge < -0.3 is 19.9 Å². The Morgan fingerprint density at radius 3 is 2.64 bits per heavy atom. The zero-order valence-corrected chi connectivity index (χ0v) is 13.3. The van der Waals surface area contributed by atoms with Crippen LogP contribution in [0.4, 0.5) is 5.69 Å². The van der Waals surface area contributed by atoms with E-state index in [1.54, 1.807) is 7.11 Å². The monoisotopic (exact) mass is 301 g/mol. The van der Waals surface area contributed by atoms with Crippen molar-refractivity contribution in [3.05, 3.63) is 53.6 Å². The molecule has 0 bridgehead atoms. The summed E-state index contributed by atoms with van der Waals surface area (Å²) in [6.07, 6.45) is 0.164. The summed E-state index contributed by atoms with van der Waals surface area (Å²) in [7, 11) is 1.60. The second-order valence-electron chi connectivity index (χ2n) is 5.35. The molecule has 0 aliphatic heterocycles. The van der Waals surface area contributed by atoms with Gasteiger partial charge in [0.05, 0.1) is 19.8 Å². The molecule has 0 aliphatic carbocycles. The van der Waals surface area contributed by atoms with Gasteiger partial charge in [0, 0.05) is 17.8 Å². The average molecular weight is 301 g/mol. The lowest BCUT2D eigenvalue weighted by atomic mass is 10.1. The normalized spacial score (nSPS) is 10.6. The Morgan fingerprint density at radius 1 is 1.14 bits per heavy atom. The molecule has 4 nitrogen and oxygen atoms in total. The van der Waals surface area contributed by atoms with Gasteiger partial charge in [0.15, 0.2) is 0 Å². The summed E-state index contributed by atoms with van der Waals surface area (Å²) in [6, 6.07) is 13.7. The van der Waals surface area contributed by atoms with Crippen molar-refractivity contribution in [1.82, 2.24) is 0 Å². The highest BCUT2D eigenvalue weighted by atomic mass is 16.5. The smallest absolute Gasteiger partial charge is 0.124 e. The molecule has 0 unspecified atom stereocenters. The summed E-state index contributed by atoms with van der Waals surface area (Å²) >= 11 is 0. The lowest BCUT2D eigenvalue weighted by Gasteiger charge is -2.13. The Kier molecular flexibility index (Phi) is 5.67. The maximum Gasteiger partial charge on any atom is 0.124 e. The van der Waals surface area contributed by atoms with Crippen LogP contribution in [0.25, 0.3) is 0 Å². The van der Waals surface area contributed by atoms with Gasteiger partial charge in [-0.2, -0.15) is 0 Å². The molecule has 0 spiro atoms. The Hall–Kier alpha value is -2.20. The molecule has 0 saturated heterocycles. The first kappa shape index (κ1) is 16.2. The van der Waals surface area contributed by atoms with Gasteiger partial charge >= 0.3 is 0 Å². The number of aliphatic hydroxyl groups is 1. The summed E-state index contributed by atoms with van der Waals surface area (Å²) in [5.74, 6) is 1.57. The minimum atomic E-state index is -0.0452. The number of methoxy groups -OCH3 is 1. The van der Waals surface area contributed by atoms with Crippen LogP contribution in [-0.4, -0.2) is 18.3 Å². The van der Waals surface area contributed by atoms with Gasteiger partial charge in [-0.3, -0.25) is 0 Å². The van der Waals surface area contributed by atoms with Crippen LogP contribution in [0.15, 0.2) is 42.5 Å². The number of hydrogen-bond donors (Lipinski definition) is 2. The molecule has 0 radical (unpaired) electrons. The van der Waals surface area contributed by atoms with Crippen molar-refractivity contribution in [3.63, 3.8) is 0 Å². The highest BCUT2D eigenvalue weighted by molar-refractivity contribution is 5.51. The molecule has 2 N–H and O–H groups in total. The lowest BCUT2D eigenvalue weighted by molar-refractivity contribution is 0.242. The van der Waals surface area contributed by atoms with E-state index in [0.717, 1.165) is 22.6 Å². The van der Waals surface area contributed by atoms with Crippen LogP contribution < -0.4 is 14.8 Å². The molecule has 0 fully saturated rings. The SMILES string of the molecule is COc1ccc(NCc2cccc(OC(C)C)c2)cc1CO. The van der Waals surface area contributed by atoms with E-state index >= 15 is 0 Å². The molecule has 22 heavy (non-hydrogen) atoms. The van der Waals surface area contributed by atoms with E-state index < -0.39 is 0 Å². The molecule has 2 aromatic carbocycles. The van der Waals surface area contributed by atoms with Gasteiger partial charge in [0.25, 0.3) is 0 Å². The van der Waals surface area contributed by atoms with Crippen molar-refractivity contribution in [1.29, 1.82) is 0 Å². The number of hydrogen-bond acceptors (Lipinski definition) is 4. The largest absolute Gasteiger partial charge is 0.496 e. The molecule has 0 aliphatic rings. The molecule has 2 aromatic rings. The predicted octanol–water partition coefficient (Wildman–Crippen LogP) is 3.59. The topological polar surface area (TPSA) is 50.7 Å². The lowest BCUT2D eigenvalue weighted by Crippen LogP contribution is -2.06. The van der Waals surface area contributed by atoms with Crippen LogP contribution in [0.2, 0.25) is 0 Å². The summed E-state index contributed by atoms with van der Waals surface area (Å²) < 4.78 is 10.9. The van der Waals surface area contributed by atoms with E-state index in [-0.39, 0.29) is 12.7 Å². The minimum Gasteiger partial charge on any atom is -0.496 e. The van der Waals surface area contributed by atoms with Gasteiger partial charge in [-0.25, -0.2) is 0 Å². The second kappa shape index (κ2) is 7.71. The zero-order valence-electron chi connectivity index (χ0n) is 13.3. The highest BCUT2D eigenvalue weighted by Crippen LogP contribution is 2.23. The second-order valence-corrected chi connectivity index (χ2v) is 5.35. The fourth-order valence-corrected chi connectivity index (χ4v) is 2.22. The van der Waals surface area contributed by atoms with E-state index in [9.17, 15) is 5.11 Å². The van der Waals surface area contributed by atoms with Crippen molar-refractivity contribution < 1.29 is 14.6 Å². The van der Waals surface area contributed by atoms with Gasteiger partial charge in [-0.05, 0) is 49.7 Å². The van der Waals surface area contributed by atoms with Crippen molar-refractivity contribution in [2.45, 2.75) is 33.1 Å². The maximum absolute atomic E-state index is 9.36. The standard InChI is InChI=1S/C18H23NO3/c1-13(2)22-17-6-4-5-14(9-17)11-19-16-7-8-18(21-3)15(10-16)12-20/h4-10,13,19-20H,11-12H2,1-3H3. The van der Waals surface area contributed by atoms with E-state index in [4.69, 9.17) is 9.47 Å². The first-order chi connectivity index (χ1) is 10.6. The molecular weight excluding hydrogens is 278 g/mol. The van der Waals surface area contributed by atoms with Crippen LogP contribution in [-0.2, 0) is 13.2 Å². The van der Waals surface area contributed by atoms with Crippen LogP contribution in [0.1, 0.15) is 25.0 Å². The Labute approximate surface area is 131 Å². The minimum absolute atomic E-state index is 0.0452. The summed E-state index contributed by atoms with van der Waals surface area (Å²) in [4.78, 5) is 0. The fourth-order valence-electron chi connectivity index (χ4n) is 2.22. The molecule has 0 amide bonds. The number of benzene rings is 2. The van der Waals surface area contributed by atoms with Gasteiger partial charge in [0.2, 0.25) is 0 Å². The molecule has 0 atom stereocenters. The predicted molar refractivity (Wildman–Crippen MR) is 88.4 cm³/mol. The molecule has 4 heteroatoms. The number of ether oxygens (including phenoxy) is 2. The molecular formula is C18H23NO3.